The number of hydrogen-bond acceptors (Lipinski definition) is 3. The van der Waals surface area contributed by atoms with E-state index in [0.29, 0.717) is 30.7 Å². The molecule has 3 nitrogen and oxygen atoms in total. The van der Waals surface area contributed by atoms with E-state index >= 15 is 8.78 Å². The van der Waals surface area contributed by atoms with Crippen LogP contribution in [0.4, 0.5) is 8.78 Å². The van der Waals surface area contributed by atoms with Crippen molar-refractivity contribution < 1.29 is 23.5 Å². The molecule has 7 unspecified atom stereocenters. The molecular formula is C29H36F2O3. The molecule has 0 heterocycles. The quantitative estimate of drug-likeness (QED) is 0.511. The number of rotatable bonds is 4. The average molecular weight is 471 g/mol. The van der Waals surface area contributed by atoms with Crippen LogP contribution in [0.5, 0.6) is 0 Å². The third kappa shape index (κ3) is 3.29. The van der Waals surface area contributed by atoms with E-state index in [1.807, 2.05) is 37.3 Å². The Kier molecular flexibility index (Phi) is 5.66. The molecule has 0 bridgehead atoms. The van der Waals surface area contributed by atoms with Crippen molar-refractivity contribution in [3.05, 3.63) is 47.0 Å². The molecule has 3 saturated carbocycles. The summed E-state index contributed by atoms with van der Waals surface area (Å²) in [5, 5.41) is 11.7. The number of ketones is 2. The van der Waals surface area contributed by atoms with E-state index in [1.165, 1.54) is 12.5 Å². The third-order valence-corrected chi connectivity index (χ3v) is 10.2. The van der Waals surface area contributed by atoms with Crippen molar-refractivity contribution in [1.82, 2.24) is 0 Å². The van der Waals surface area contributed by atoms with Crippen LogP contribution in [-0.2, 0) is 4.79 Å². The van der Waals surface area contributed by atoms with Crippen LogP contribution < -0.4 is 0 Å². The van der Waals surface area contributed by atoms with Crippen molar-refractivity contribution >= 4 is 11.6 Å². The van der Waals surface area contributed by atoms with Crippen LogP contribution >= 0.6 is 0 Å². The second-order valence-electron chi connectivity index (χ2n) is 11.6. The molecule has 4 aliphatic carbocycles. The minimum Gasteiger partial charge on any atom is -0.383 e. The van der Waals surface area contributed by atoms with Gasteiger partial charge in [-0.1, -0.05) is 43.7 Å². The fourth-order valence-electron chi connectivity index (χ4n) is 8.51. The molecule has 3 fully saturated rings. The topological polar surface area (TPSA) is 54.4 Å². The number of aliphatic hydroxyl groups is 1. The number of fused-ring (bicyclic) bond motifs is 5. The Labute approximate surface area is 201 Å². The van der Waals surface area contributed by atoms with Crippen LogP contribution in [0.15, 0.2) is 35.9 Å². The number of hydrogen-bond donors (Lipinski definition) is 1. The maximum absolute atomic E-state index is 15.3. The molecule has 0 aliphatic heterocycles. The van der Waals surface area contributed by atoms with Gasteiger partial charge in [0.2, 0.25) is 0 Å². The summed E-state index contributed by atoms with van der Waals surface area (Å²) in [7, 11) is 0. The van der Waals surface area contributed by atoms with E-state index in [2.05, 4.69) is 0 Å². The van der Waals surface area contributed by atoms with Crippen molar-refractivity contribution in [2.24, 2.45) is 29.1 Å². The molecule has 1 aromatic rings. The van der Waals surface area contributed by atoms with E-state index in [-0.39, 0.29) is 48.1 Å². The van der Waals surface area contributed by atoms with Gasteiger partial charge in [0.25, 0.3) is 5.92 Å². The lowest BCUT2D eigenvalue weighted by molar-refractivity contribution is -0.245. The summed E-state index contributed by atoms with van der Waals surface area (Å²) >= 11 is 0. The Morgan fingerprint density at radius 3 is 2.47 bits per heavy atom. The highest BCUT2D eigenvalue weighted by molar-refractivity contribution is 5.94. The van der Waals surface area contributed by atoms with Gasteiger partial charge in [-0.15, -0.1) is 0 Å². The molecule has 5 rings (SSSR count). The van der Waals surface area contributed by atoms with Gasteiger partial charge in [-0.05, 0) is 86.7 Å². The first kappa shape index (κ1) is 23.8. The summed E-state index contributed by atoms with van der Waals surface area (Å²) in [6.45, 7) is 4.92. The van der Waals surface area contributed by atoms with E-state index in [1.54, 1.807) is 6.92 Å². The zero-order chi connectivity index (χ0) is 24.5. The predicted molar refractivity (Wildman–Crippen MR) is 127 cm³/mol. The number of allylic oxidation sites excluding steroid dienone is 1. The van der Waals surface area contributed by atoms with Crippen molar-refractivity contribution in [3.8, 4) is 0 Å². The standard InChI is InChI=1S/C29H36F2O3/c1-4-29(30,31)28(34)14-13-25-23-11-9-20-15-21(33)10-12-22(20)26(23)24(16-27(25,28)3)19-7-5-18(6-8-19)17(2)32/h5-8,15,22-26,34H,4,9-14,16H2,1-3H3. The van der Waals surface area contributed by atoms with Gasteiger partial charge in [0.05, 0.1) is 0 Å². The Balaban J connectivity index is 1.62. The van der Waals surface area contributed by atoms with Gasteiger partial charge in [0.1, 0.15) is 5.60 Å². The normalized spacial score (nSPS) is 39.6. The monoisotopic (exact) mass is 470 g/mol. The predicted octanol–water partition coefficient (Wildman–Crippen LogP) is 6.50. The largest absolute Gasteiger partial charge is 0.383 e. The molecule has 0 aromatic heterocycles. The number of benzene rings is 1. The summed E-state index contributed by atoms with van der Waals surface area (Å²) < 4.78 is 30.7. The molecule has 0 spiro atoms. The highest BCUT2D eigenvalue weighted by Gasteiger charge is 2.71. The van der Waals surface area contributed by atoms with Crippen molar-refractivity contribution in [2.75, 3.05) is 0 Å². The fraction of sp³-hybridized carbons (Fsp3) is 0.655. The van der Waals surface area contributed by atoms with Crippen LogP contribution in [0.25, 0.3) is 0 Å². The summed E-state index contributed by atoms with van der Waals surface area (Å²) in [5.41, 5.74) is 0.0391. The number of halogens is 2. The second kappa shape index (κ2) is 8.08. The zero-order valence-corrected chi connectivity index (χ0v) is 20.4. The number of carbonyl (C=O) groups excluding carboxylic acids is 2. The number of alkyl halides is 2. The minimum absolute atomic E-state index is 0.00142. The van der Waals surface area contributed by atoms with E-state index < -0.39 is 16.9 Å². The Hall–Kier alpha value is -1.88. The highest BCUT2D eigenvalue weighted by atomic mass is 19.3. The van der Waals surface area contributed by atoms with Crippen LogP contribution in [0.3, 0.4) is 0 Å². The maximum atomic E-state index is 15.3. The van der Waals surface area contributed by atoms with Gasteiger partial charge in [0.15, 0.2) is 11.6 Å². The molecule has 5 heteroatoms. The molecule has 7 atom stereocenters. The van der Waals surface area contributed by atoms with Crippen LogP contribution in [0.2, 0.25) is 0 Å². The fourth-order valence-corrected chi connectivity index (χ4v) is 8.51. The Morgan fingerprint density at radius 1 is 1.12 bits per heavy atom. The average Bonchev–Trinajstić information content (AvgIpc) is 3.10. The van der Waals surface area contributed by atoms with Gasteiger partial charge >= 0.3 is 0 Å². The highest BCUT2D eigenvalue weighted by Crippen LogP contribution is 2.70. The van der Waals surface area contributed by atoms with Gasteiger partial charge in [-0.2, -0.15) is 0 Å². The van der Waals surface area contributed by atoms with Crippen LogP contribution in [0.1, 0.15) is 94.0 Å². The molecule has 184 valence electrons. The van der Waals surface area contributed by atoms with Crippen LogP contribution in [-0.4, -0.2) is 28.2 Å². The van der Waals surface area contributed by atoms with E-state index in [9.17, 15) is 14.7 Å². The number of carbonyl (C=O) groups is 2. The molecule has 1 aromatic carbocycles. The lowest BCUT2D eigenvalue weighted by atomic mass is 9.46. The van der Waals surface area contributed by atoms with Gasteiger partial charge in [0, 0.05) is 23.8 Å². The summed E-state index contributed by atoms with van der Waals surface area (Å²) in [5.74, 6) is -2.08. The molecule has 0 saturated heterocycles. The van der Waals surface area contributed by atoms with E-state index in [4.69, 9.17) is 0 Å². The lowest BCUT2D eigenvalue weighted by Gasteiger charge is -2.59. The molecule has 4 aliphatic rings. The molecule has 0 radical (unpaired) electrons. The summed E-state index contributed by atoms with van der Waals surface area (Å²) in [6.07, 6.45) is 5.87. The van der Waals surface area contributed by atoms with E-state index in [0.717, 1.165) is 24.8 Å². The van der Waals surface area contributed by atoms with Gasteiger partial charge in [-0.25, -0.2) is 8.78 Å². The maximum Gasteiger partial charge on any atom is 0.276 e. The smallest absolute Gasteiger partial charge is 0.276 e. The van der Waals surface area contributed by atoms with Crippen molar-refractivity contribution in [3.63, 3.8) is 0 Å². The minimum atomic E-state index is -3.14. The summed E-state index contributed by atoms with van der Waals surface area (Å²) in [6, 6.07) is 7.65. The van der Waals surface area contributed by atoms with Gasteiger partial charge < -0.3 is 5.11 Å². The van der Waals surface area contributed by atoms with Crippen molar-refractivity contribution in [2.45, 2.75) is 89.6 Å². The Bertz CT molecular complexity index is 1030. The van der Waals surface area contributed by atoms with Crippen molar-refractivity contribution in [1.29, 1.82) is 0 Å². The first-order valence-electron chi connectivity index (χ1n) is 13.0. The zero-order valence-electron chi connectivity index (χ0n) is 20.4. The molecular weight excluding hydrogens is 434 g/mol. The SMILES string of the molecule is CCC(F)(F)C1(O)CCC2C3CCC4=CC(=O)CCC4C3C(c3ccc(C(C)=O)cc3)CC21C. The van der Waals surface area contributed by atoms with Crippen LogP contribution in [0, 0.1) is 29.1 Å². The lowest BCUT2D eigenvalue weighted by Crippen LogP contribution is -2.61. The first-order valence-corrected chi connectivity index (χ1v) is 13.0. The molecule has 1 N–H and O–H groups in total. The summed E-state index contributed by atoms with van der Waals surface area (Å²) in [4.78, 5) is 24.0. The Morgan fingerprint density at radius 2 is 1.82 bits per heavy atom. The molecule has 0 amide bonds. The molecule has 34 heavy (non-hydrogen) atoms. The third-order valence-electron chi connectivity index (χ3n) is 10.2. The number of Topliss-reactive ketones (excluding diaryl/α,β-unsaturated/α-hetero) is 1. The first-order chi connectivity index (χ1) is 16.0. The van der Waals surface area contributed by atoms with Gasteiger partial charge in [-0.3, -0.25) is 9.59 Å². The second-order valence-corrected chi connectivity index (χ2v) is 11.6.